The average molecular weight is 232 g/mol. The second-order valence-corrected chi connectivity index (χ2v) is 5.32. The third-order valence-corrected chi connectivity index (χ3v) is 3.66. The molecule has 0 atom stereocenters. The monoisotopic (exact) mass is 232 g/mol. The van der Waals surface area contributed by atoms with Gasteiger partial charge in [-0.1, -0.05) is 32.0 Å². The van der Waals surface area contributed by atoms with Gasteiger partial charge in [0.2, 0.25) is 0 Å². The van der Waals surface area contributed by atoms with Gasteiger partial charge in [0, 0.05) is 32.7 Å². The lowest BCUT2D eigenvalue weighted by atomic mass is 9.93. The number of aryl methyl sites for hydroxylation is 1. The van der Waals surface area contributed by atoms with Gasteiger partial charge in [0.1, 0.15) is 0 Å². The van der Waals surface area contributed by atoms with Crippen molar-refractivity contribution in [2.75, 3.05) is 26.2 Å². The maximum atomic E-state index is 3.41. The van der Waals surface area contributed by atoms with E-state index in [0.29, 0.717) is 5.92 Å². The van der Waals surface area contributed by atoms with Gasteiger partial charge in [-0.15, -0.1) is 0 Å². The molecule has 1 heterocycles. The fraction of sp³-hybridized carbons (Fsp3) is 0.600. The second-order valence-electron chi connectivity index (χ2n) is 5.32. The number of nitrogens with one attached hydrogen (secondary N) is 1. The summed E-state index contributed by atoms with van der Waals surface area (Å²) < 4.78 is 0. The molecule has 1 fully saturated rings. The Hall–Kier alpha value is -0.860. The van der Waals surface area contributed by atoms with E-state index in [1.807, 2.05) is 0 Å². The number of hydrogen-bond acceptors (Lipinski definition) is 2. The van der Waals surface area contributed by atoms with Gasteiger partial charge in [0.25, 0.3) is 0 Å². The van der Waals surface area contributed by atoms with Crippen LogP contribution in [0, 0.1) is 6.92 Å². The molecule has 1 aromatic carbocycles. The first-order valence-corrected chi connectivity index (χ1v) is 6.70. The highest BCUT2D eigenvalue weighted by Gasteiger charge is 2.14. The van der Waals surface area contributed by atoms with Crippen molar-refractivity contribution in [3.63, 3.8) is 0 Å². The molecule has 0 unspecified atom stereocenters. The summed E-state index contributed by atoms with van der Waals surface area (Å²) in [4.78, 5) is 2.56. The van der Waals surface area contributed by atoms with Gasteiger partial charge in [-0.3, -0.25) is 4.90 Å². The molecule has 0 aliphatic carbocycles. The van der Waals surface area contributed by atoms with Gasteiger partial charge in [-0.05, 0) is 29.5 Å². The van der Waals surface area contributed by atoms with Crippen LogP contribution in [0.25, 0.3) is 0 Å². The van der Waals surface area contributed by atoms with Crippen molar-refractivity contribution < 1.29 is 0 Å². The number of piperazine rings is 1. The van der Waals surface area contributed by atoms with Crippen LogP contribution in [0.15, 0.2) is 18.2 Å². The van der Waals surface area contributed by atoms with Gasteiger partial charge >= 0.3 is 0 Å². The van der Waals surface area contributed by atoms with E-state index in [2.05, 4.69) is 49.2 Å². The maximum absolute atomic E-state index is 3.41. The highest BCUT2D eigenvalue weighted by molar-refractivity contribution is 5.36. The lowest BCUT2D eigenvalue weighted by molar-refractivity contribution is 0.232. The van der Waals surface area contributed by atoms with Crippen molar-refractivity contribution in [3.05, 3.63) is 34.9 Å². The quantitative estimate of drug-likeness (QED) is 0.861. The fourth-order valence-electron chi connectivity index (χ4n) is 2.57. The molecular weight excluding hydrogens is 208 g/mol. The number of hydrogen-bond donors (Lipinski definition) is 1. The van der Waals surface area contributed by atoms with E-state index in [1.165, 1.54) is 24.2 Å². The van der Waals surface area contributed by atoms with E-state index in [-0.39, 0.29) is 0 Å². The maximum Gasteiger partial charge on any atom is 0.0240 e. The Morgan fingerprint density at radius 2 is 1.94 bits per heavy atom. The SMILES string of the molecule is Cc1cccc(C(C)C)c1CN1CCNCC1. The summed E-state index contributed by atoms with van der Waals surface area (Å²) in [5, 5.41) is 3.41. The van der Waals surface area contributed by atoms with Crippen LogP contribution < -0.4 is 5.32 Å². The zero-order valence-electron chi connectivity index (χ0n) is 11.3. The molecule has 94 valence electrons. The molecule has 17 heavy (non-hydrogen) atoms. The summed E-state index contributed by atoms with van der Waals surface area (Å²) in [5.74, 6) is 0.618. The molecule has 2 nitrogen and oxygen atoms in total. The zero-order chi connectivity index (χ0) is 12.3. The van der Waals surface area contributed by atoms with Crippen LogP contribution in [0.1, 0.15) is 36.5 Å². The molecule has 0 saturated carbocycles. The summed E-state index contributed by atoms with van der Waals surface area (Å²) in [6.07, 6.45) is 0. The first kappa shape index (κ1) is 12.6. The highest BCUT2D eigenvalue weighted by atomic mass is 15.2. The molecule has 0 amide bonds. The van der Waals surface area contributed by atoms with Crippen LogP contribution in [-0.4, -0.2) is 31.1 Å². The molecular formula is C15H24N2. The summed E-state index contributed by atoms with van der Waals surface area (Å²) in [6.45, 7) is 12.5. The molecule has 0 radical (unpaired) electrons. The van der Waals surface area contributed by atoms with Crippen molar-refractivity contribution in [1.82, 2.24) is 10.2 Å². The van der Waals surface area contributed by atoms with Gasteiger partial charge in [-0.25, -0.2) is 0 Å². The third-order valence-electron chi connectivity index (χ3n) is 3.66. The minimum atomic E-state index is 0.618. The van der Waals surface area contributed by atoms with Crippen molar-refractivity contribution >= 4 is 0 Å². The lowest BCUT2D eigenvalue weighted by Gasteiger charge is -2.29. The molecule has 2 rings (SSSR count). The van der Waals surface area contributed by atoms with Crippen LogP contribution >= 0.6 is 0 Å². The third kappa shape index (κ3) is 3.08. The minimum absolute atomic E-state index is 0.618. The molecule has 1 aliphatic rings. The van der Waals surface area contributed by atoms with Crippen LogP contribution in [-0.2, 0) is 6.54 Å². The fourth-order valence-corrected chi connectivity index (χ4v) is 2.57. The summed E-state index contributed by atoms with van der Waals surface area (Å²) in [5.41, 5.74) is 4.50. The first-order valence-electron chi connectivity index (χ1n) is 6.70. The summed E-state index contributed by atoms with van der Waals surface area (Å²) >= 11 is 0. The molecule has 0 bridgehead atoms. The summed E-state index contributed by atoms with van der Waals surface area (Å²) in [7, 11) is 0. The Labute approximate surface area is 105 Å². The predicted octanol–water partition coefficient (Wildman–Crippen LogP) is 2.52. The largest absolute Gasteiger partial charge is 0.314 e. The molecule has 0 aromatic heterocycles. The van der Waals surface area contributed by atoms with E-state index < -0.39 is 0 Å². The van der Waals surface area contributed by atoms with Crippen LogP contribution in [0.2, 0.25) is 0 Å². The van der Waals surface area contributed by atoms with Crippen LogP contribution in [0.4, 0.5) is 0 Å². The second kappa shape index (κ2) is 5.65. The molecule has 0 spiro atoms. The van der Waals surface area contributed by atoms with E-state index in [9.17, 15) is 0 Å². The Kier molecular flexibility index (Phi) is 4.19. The Morgan fingerprint density at radius 1 is 1.24 bits per heavy atom. The van der Waals surface area contributed by atoms with E-state index in [1.54, 1.807) is 5.56 Å². The minimum Gasteiger partial charge on any atom is -0.314 e. The molecule has 1 aliphatic heterocycles. The van der Waals surface area contributed by atoms with Crippen molar-refractivity contribution in [2.45, 2.75) is 33.2 Å². The number of nitrogens with zero attached hydrogens (tertiary/aromatic N) is 1. The predicted molar refractivity (Wildman–Crippen MR) is 73.4 cm³/mol. The lowest BCUT2D eigenvalue weighted by Crippen LogP contribution is -2.43. The van der Waals surface area contributed by atoms with E-state index in [4.69, 9.17) is 0 Å². The van der Waals surface area contributed by atoms with Crippen LogP contribution in [0.3, 0.4) is 0 Å². The van der Waals surface area contributed by atoms with Gasteiger partial charge in [0.05, 0.1) is 0 Å². The first-order chi connectivity index (χ1) is 8.18. The Balaban J connectivity index is 2.18. The molecule has 1 saturated heterocycles. The number of rotatable bonds is 3. The molecule has 1 N–H and O–H groups in total. The topological polar surface area (TPSA) is 15.3 Å². The standard InChI is InChI=1S/C15H24N2/c1-12(2)14-6-4-5-13(3)15(14)11-17-9-7-16-8-10-17/h4-6,12,16H,7-11H2,1-3H3. The van der Waals surface area contributed by atoms with Gasteiger partial charge in [0.15, 0.2) is 0 Å². The van der Waals surface area contributed by atoms with Gasteiger partial charge in [-0.2, -0.15) is 0 Å². The summed E-state index contributed by atoms with van der Waals surface area (Å²) in [6, 6.07) is 6.71. The van der Waals surface area contributed by atoms with Crippen molar-refractivity contribution in [2.24, 2.45) is 0 Å². The Morgan fingerprint density at radius 3 is 2.59 bits per heavy atom. The van der Waals surface area contributed by atoms with Gasteiger partial charge < -0.3 is 5.32 Å². The van der Waals surface area contributed by atoms with Crippen LogP contribution in [0.5, 0.6) is 0 Å². The van der Waals surface area contributed by atoms with E-state index >= 15 is 0 Å². The zero-order valence-corrected chi connectivity index (χ0v) is 11.3. The molecule has 1 aromatic rings. The smallest absolute Gasteiger partial charge is 0.0240 e. The highest BCUT2D eigenvalue weighted by Crippen LogP contribution is 2.23. The van der Waals surface area contributed by atoms with E-state index in [0.717, 1.165) is 19.6 Å². The van der Waals surface area contributed by atoms with Crippen molar-refractivity contribution in [1.29, 1.82) is 0 Å². The van der Waals surface area contributed by atoms with Crippen molar-refractivity contribution in [3.8, 4) is 0 Å². The number of benzene rings is 1. The Bertz CT molecular complexity index is 365. The molecule has 2 heteroatoms. The average Bonchev–Trinajstić information content (AvgIpc) is 2.33. The normalized spacial score (nSPS) is 17.6.